The number of aromatic nitrogens is 3. The Balaban J connectivity index is 1.38. The first-order valence-corrected chi connectivity index (χ1v) is 12.3. The fourth-order valence-corrected chi connectivity index (χ4v) is 4.69. The molecule has 0 N–H and O–H groups in total. The number of carbonyl (C=O) groups excluding carboxylic acids is 2. The molecule has 3 heterocycles. The minimum Gasteiger partial charge on any atom is -0.459 e. The van der Waals surface area contributed by atoms with E-state index in [2.05, 4.69) is 9.97 Å². The SMILES string of the molecule is Cc1ccc(C(=O)OCC2OC(n3cc(C)c4c(Cl)ncnc43)CC2OC(=O)c2ccc(C)cc2)cc1. The summed E-state index contributed by atoms with van der Waals surface area (Å²) in [5.41, 5.74) is 4.46. The quantitative estimate of drug-likeness (QED) is 0.249. The van der Waals surface area contributed by atoms with E-state index in [1.807, 2.05) is 55.8 Å². The van der Waals surface area contributed by atoms with E-state index in [1.165, 1.54) is 6.33 Å². The van der Waals surface area contributed by atoms with Gasteiger partial charge in [0.05, 0.1) is 16.5 Å². The van der Waals surface area contributed by atoms with E-state index < -0.39 is 30.4 Å². The Morgan fingerprint density at radius 1 is 0.973 bits per heavy atom. The molecule has 37 heavy (non-hydrogen) atoms. The minimum atomic E-state index is -0.677. The number of benzene rings is 2. The largest absolute Gasteiger partial charge is 0.459 e. The average Bonchev–Trinajstić information content (AvgIpc) is 3.44. The number of aryl methyl sites for hydroxylation is 3. The summed E-state index contributed by atoms with van der Waals surface area (Å²) >= 11 is 6.31. The van der Waals surface area contributed by atoms with E-state index >= 15 is 0 Å². The lowest BCUT2D eigenvalue weighted by Crippen LogP contribution is -2.32. The first-order valence-electron chi connectivity index (χ1n) is 11.9. The van der Waals surface area contributed by atoms with Gasteiger partial charge in [-0.2, -0.15) is 0 Å². The number of esters is 2. The van der Waals surface area contributed by atoms with Gasteiger partial charge in [-0.1, -0.05) is 47.0 Å². The van der Waals surface area contributed by atoms with Crippen molar-refractivity contribution < 1.29 is 23.8 Å². The molecule has 0 radical (unpaired) electrons. The number of rotatable bonds is 6. The molecule has 8 nitrogen and oxygen atoms in total. The molecule has 0 amide bonds. The second kappa shape index (κ2) is 10.3. The molecule has 0 saturated carbocycles. The Bertz CT molecular complexity index is 1450. The fourth-order valence-electron chi connectivity index (χ4n) is 4.42. The third-order valence-electron chi connectivity index (χ3n) is 6.46. The Morgan fingerprint density at radius 2 is 1.59 bits per heavy atom. The van der Waals surface area contributed by atoms with Gasteiger partial charge in [-0.05, 0) is 50.6 Å². The van der Waals surface area contributed by atoms with Gasteiger partial charge in [0.15, 0.2) is 0 Å². The molecule has 1 aliphatic rings. The van der Waals surface area contributed by atoms with Crippen molar-refractivity contribution in [3.63, 3.8) is 0 Å². The van der Waals surface area contributed by atoms with Crippen LogP contribution in [0.5, 0.6) is 0 Å². The van der Waals surface area contributed by atoms with Crippen molar-refractivity contribution in [2.24, 2.45) is 0 Å². The summed E-state index contributed by atoms with van der Waals surface area (Å²) in [6.07, 6.45) is 1.78. The number of halogens is 1. The van der Waals surface area contributed by atoms with Crippen molar-refractivity contribution in [1.82, 2.24) is 14.5 Å². The van der Waals surface area contributed by atoms with E-state index in [9.17, 15) is 9.59 Å². The van der Waals surface area contributed by atoms with Gasteiger partial charge in [-0.15, -0.1) is 0 Å². The zero-order valence-electron chi connectivity index (χ0n) is 20.7. The van der Waals surface area contributed by atoms with Crippen LogP contribution in [0.3, 0.4) is 0 Å². The van der Waals surface area contributed by atoms with Crippen molar-refractivity contribution in [3.05, 3.63) is 94.0 Å². The summed E-state index contributed by atoms with van der Waals surface area (Å²) in [7, 11) is 0. The number of nitrogens with zero attached hydrogens (tertiary/aromatic N) is 3. The van der Waals surface area contributed by atoms with Gasteiger partial charge in [0.25, 0.3) is 0 Å². The van der Waals surface area contributed by atoms with Crippen molar-refractivity contribution in [1.29, 1.82) is 0 Å². The summed E-state index contributed by atoms with van der Waals surface area (Å²) in [6.45, 7) is 5.73. The predicted molar refractivity (Wildman–Crippen MR) is 138 cm³/mol. The lowest BCUT2D eigenvalue weighted by molar-refractivity contribution is -0.0562. The summed E-state index contributed by atoms with van der Waals surface area (Å²) in [5.74, 6) is -0.944. The van der Waals surface area contributed by atoms with Crippen LogP contribution in [-0.4, -0.2) is 45.3 Å². The third-order valence-corrected chi connectivity index (χ3v) is 6.74. The highest BCUT2D eigenvalue weighted by Crippen LogP contribution is 2.36. The van der Waals surface area contributed by atoms with Crippen LogP contribution in [0.4, 0.5) is 0 Å². The van der Waals surface area contributed by atoms with Crippen LogP contribution in [0, 0.1) is 20.8 Å². The van der Waals surface area contributed by atoms with Crippen LogP contribution in [-0.2, 0) is 14.2 Å². The summed E-state index contributed by atoms with van der Waals surface area (Å²) in [6, 6.07) is 14.3. The normalized spacial score (nSPS) is 19.2. The Labute approximate surface area is 219 Å². The van der Waals surface area contributed by atoms with Gasteiger partial charge < -0.3 is 18.8 Å². The molecule has 1 aliphatic heterocycles. The van der Waals surface area contributed by atoms with Gasteiger partial charge in [-0.3, -0.25) is 0 Å². The van der Waals surface area contributed by atoms with Gasteiger partial charge in [0.2, 0.25) is 0 Å². The molecule has 4 aromatic rings. The monoisotopic (exact) mass is 519 g/mol. The number of hydrogen-bond acceptors (Lipinski definition) is 7. The molecule has 3 unspecified atom stereocenters. The molecule has 1 fully saturated rings. The lowest BCUT2D eigenvalue weighted by atomic mass is 10.1. The molecule has 1 saturated heterocycles. The highest BCUT2D eigenvalue weighted by atomic mass is 35.5. The molecule has 2 aromatic carbocycles. The summed E-state index contributed by atoms with van der Waals surface area (Å²) in [4.78, 5) is 34.0. The topological polar surface area (TPSA) is 92.5 Å². The number of fused-ring (bicyclic) bond motifs is 1. The van der Waals surface area contributed by atoms with E-state index in [1.54, 1.807) is 24.3 Å². The average molecular weight is 520 g/mol. The maximum absolute atomic E-state index is 12.9. The zero-order chi connectivity index (χ0) is 26.1. The highest BCUT2D eigenvalue weighted by Gasteiger charge is 2.40. The van der Waals surface area contributed by atoms with Crippen LogP contribution in [0.2, 0.25) is 5.15 Å². The molecular weight excluding hydrogens is 494 g/mol. The minimum absolute atomic E-state index is 0.0804. The van der Waals surface area contributed by atoms with Crippen molar-refractivity contribution in [2.45, 2.75) is 45.6 Å². The Morgan fingerprint density at radius 3 is 2.24 bits per heavy atom. The first-order chi connectivity index (χ1) is 17.8. The van der Waals surface area contributed by atoms with Crippen LogP contribution in [0.15, 0.2) is 61.1 Å². The Hall–Kier alpha value is -3.75. The number of ether oxygens (including phenoxy) is 3. The smallest absolute Gasteiger partial charge is 0.338 e. The van der Waals surface area contributed by atoms with E-state index in [4.69, 9.17) is 25.8 Å². The Kier molecular flexibility index (Phi) is 6.95. The third kappa shape index (κ3) is 5.21. The number of hydrogen-bond donors (Lipinski definition) is 0. The molecule has 190 valence electrons. The maximum Gasteiger partial charge on any atom is 0.338 e. The van der Waals surface area contributed by atoms with Crippen molar-refractivity contribution >= 4 is 34.6 Å². The van der Waals surface area contributed by atoms with Crippen molar-refractivity contribution in [2.75, 3.05) is 6.61 Å². The standard InChI is InChI=1S/C28H26ClN3O5/c1-16-4-8-19(9-5-16)27(33)35-14-22-21(37-28(34)20-10-6-17(2)7-11-20)12-23(36-22)32-13-18(3)24-25(29)30-15-31-26(24)32/h4-11,13,15,21-23H,12,14H2,1-3H3. The van der Waals surface area contributed by atoms with Crippen LogP contribution >= 0.6 is 11.6 Å². The molecule has 0 spiro atoms. The van der Waals surface area contributed by atoms with Gasteiger partial charge in [-0.25, -0.2) is 19.6 Å². The molecular formula is C28H26ClN3O5. The molecule has 0 bridgehead atoms. The van der Waals surface area contributed by atoms with Crippen LogP contribution < -0.4 is 0 Å². The van der Waals surface area contributed by atoms with E-state index in [-0.39, 0.29) is 6.61 Å². The van der Waals surface area contributed by atoms with Gasteiger partial charge in [0.1, 0.15) is 42.2 Å². The van der Waals surface area contributed by atoms with Crippen LogP contribution in [0.1, 0.15) is 50.1 Å². The second-order valence-corrected chi connectivity index (χ2v) is 9.58. The molecule has 0 aliphatic carbocycles. The first kappa shape index (κ1) is 24.9. The summed E-state index contributed by atoms with van der Waals surface area (Å²) < 4.78 is 19.6. The van der Waals surface area contributed by atoms with Gasteiger partial charge in [0, 0.05) is 12.6 Å². The lowest BCUT2D eigenvalue weighted by Gasteiger charge is -2.19. The highest BCUT2D eigenvalue weighted by molar-refractivity contribution is 6.34. The van der Waals surface area contributed by atoms with E-state index in [0.29, 0.717) is 28.3 Å². The van der Waals surface area contributed by atoms with Gasteiger partial charge >= 0.3 is 11.9 Å². The second-order valence-electron chi connectivity index (χ2n) is 9.22. The molecule has 3 atom stereocenters. The predicted octanol–water partition coefficient (Wildman–Crippen LogP) is 5.38. The van der Waals surface area contributed by atoms with E-state index in [0.717, 1.165) is 22.1 Å². The molecule has 9 heteroatoms. The zero-order valence-corrected chi connectivity index (χ0v) is 21.4. The molecule has 2 aromatic heterocycles. The fraction of sp³-hybridized carbons (Fsp3) is 0.286. The van der Waals surface area contributed by atoms with Crippen molar-refractivity contribution in [3.8, 4) is 0 Å². The van der Waals surface area contributed by atoms with Crippen LogP contribution in [0.25, 0.3) is 11.0 Å². The number of carbonyl (C=O) groups is 2. The maximum atomic E-state index is 12.9. The molecule has 5 rings (SSSR count). The summed E-state index contributed by atoms with van der Waals surface area (Å²) in [5, 5.41) is 1.08.